The summed E-state index contributed by atoms with van der Waals surface area (Å²) in [5, 5.41) is 20.7. The first-order valence-electron chi connectivity index (χ1n) is 23.6. The predicted molar refractivity (Wildman–Crippen MR) is 241 cm³/mol. The zero-order valence-electron chi connectivity index (χ0n) is 37.5. The molecule has 0 heterocycles. The van der Waals surface area contributed by atoms with Crippen LogP contribution in [0, 0.1) is 0 Å². The van der Waals surface area contributed by atoms with E-state index in [9.17, 15) is 29.3 Å². The molecule has 0 saturated heterocycles. The minimum absolute atomic E-state index is 0.00888. The molecule has 0 aliphatic heterocycles. The van der Waals surface area contributed by atoms with E-state index in [1.165, 1.54) is 116 Å². The number of phosphoric acid groups is 1. The summed E-state index contributed by atoms with van der Waals surface area (Å²) < 4.78 is 32.6. The molecule has 3 unspecified atom stereocenters. The van der Waals surface area contributed by atoms with Gasteiger partial charge in [0.25, 0.3) is 0 Å². The molecule has 0 bridgehead atoms. The summed E-state index contributed by atoms with van der Waals surface area (Å²) in [4.78, 5) is 35.0. The number of rotatable bonds is 44. The molecule has 0 spiro atoms. The first kappa shape index (κ1) is 57.1. The minimum atomic E-state index is -4.46. The highest BCUT2D eigenvalue weighted by Gasteiger charge is 2.26. The quantitative estimate of drug-likeness (QED) is 0.0199. The van der Waals surface area contributed by atoms with Crippen molar-refractivity contribution in [3.63, 3.8) is 0 Å². The van der Waals surface area contributed by atoms with Gasteiger partial charge in [-0.3, -0.25) is 18.6 Å². The van der Waals surface area contributed by atoms with Gasteiger partial charge in [-0.1, -0.05) is 179 Å². The van der Waals surface area contributed by atoms with Crippen molar-refractivity contribution in [2.45, 2.75) is 225 Å². The number of nitrogens with two attached hydrogens (primary N) is 1. The van der Waals surface area contributed by atoms with Crippen molar-refractivity contribution in [3.8, 4) is 0 Å². The summed E-state index contributed by atoms with van der Waals surface area (Å²) in [5.41, 5.74) is 5.34. The molecule has 0 amide bonds. The van der Waals surface area contributed by atoms with Crippen LogP contribution in [0.5, 0.6) is 0 Å². The summed E-state index contributed by atoms with van der Waals surface area (Å²) >= 11 is 0. The summed E-state index contributed by atoms with van der Waals surface area (Å²) in [6, 6.07) is 0. The van der Waals surface area contributed by atoms with Gasteiger partial charge in [0, 0.05) is 19.4 Å². The first-order valence-corrected chi connectivity index (χ1v) is 25.1. The number of phosphoric ester groups is 1. The highest BCUT2D eigenvalue weighted by atomic mass is 31.2. The van der Waals surface area contributed by atoms with Gasteiger partial charge in [0.1, 0.15) is 6.61 Å². The van der Waals surface area contributed by atoms with Gasteiger partial charge in [-0.05, 0) is 51.4 Å². The number of allylic oxidation sites excluding steroid dienone is 5. The lowest BCUT2D eigenvalue weighted by atomic mass is 10.0. The summed E-state index contributed by atoms with van der Waals surface area (Å²) in [5.74, 6) is -1.11. The zero-order valence-corrected chi connectivity index (χ0v) is 38.4. The number of unbranched alkanes of at least 4 members (excludes halogenated alkanes) is 21. The number of hydrogen-bond donors (Lipinski definition) is 4. The van der Waals surface area contributed by atoms with Crippen LogP contribution in [-0.2, 0) is 32.7 Å². The Kier molecular flexibility index (Phi) is 41.5. The van der Waals surface area contributed by atoms with E-state index in [0.29, 0.717) is 6.42 Å². The average Bonchev–Trinajstić information content (AvgIpc) is 3.22. The maximum atomic E-state index is 12.6. The van der Waals surface area contributed by atoms with Crippen molar-refractivity contribution in [2.24, 2.45) is 5.73 Å². The molecular formula is C47H88NO10P. The molecule has 0 radical (unpaired) electrons. The third-order valence-corrected chi connectivity index (χ3v) is 11.2. The lowest BCUT2D eigenvalue weighted by molar-refractivity contribution is -0.161. The van der Waals surface area contributed by atoms with Crippen LogP contribution in [0.1, 0.15) is 206 Å². The van der Waals surface area contributed by atoms with E-state index >= 15 is 0 Å². The minimum Gasteiger partial charge on any atom is -0.462 e. The molecule has 0 saturated carbocycles. The number of aliphatic hydroxyl groups is 2. The number of aliphatic hydroxyl groups excluding tert-OH is 2. The maximum absolute atomic E-state index is 12.6. The van der Waals surface area contributed by atoms with Crippen LogP contribution in [0.4, 0.5) is 0 Å². The van der Waals surface area contributed by atoms with Crippen LogP contribution in [0.15, 0.2) is 36.5 Å². The Labute approximate surface area is 360 Å². The Morgan fingerprint density at radius 2 is 1.05 bits per heavy atom. The van der Waals surface area contributed by atoms with Crippen LogP contribution in [-0.4, -0.2) is 71.7 Å². The molecule has 12 heteroatoms. The maximum Gasteiger partial charge on any atom is 0.472 e. The number of hydrogen-bond acceptors (Lipinski definition) is 10. The molecule has 0 aliphatic carbocycles. The monoisotopic (exact) mass is 858 g/mol. The SMILES string of the molecule is CCCCC/C=C\C/C=C\C/C=C\CC(O)C(O)CCCC(=O)O[C@H](COC(=O)CCCCCCCCCCCCCCCCCCCCC)COP(=O)(O)OCCN. The van der Waals surface area contributed by atoms with Crippen molar-refractivity contribution in [1.29, 1.82) is 0 Å². The second kappa shape index (κ2) is 42.8. The van der Waals surface area contributed by atoms with Crippen molar-refractivity contribution in [1.82, 2.24) is 0 Å². The molecule has 0 aromatic rings. The molecule has 0 aromatic heterocycles. The molecule has 0 aromatic carbocycles. The Balaban J connectivity index is 4.30. The molecule has 4 atom stereocenters. The number of carbonyl (C=O) groups is 2. The second-order valence-electron chi connectivity index (χ2n) is 15.9. The standard InChI is InChI=1S/C47H88NO10P/c1-3-5-7-9-11-13-15-17-18-19-20-21-22-23-25-27-29-31-33-37-46(51)55-41-43(42-57-59(53,54)56-40-39-48)58-47(52)38-34-36-45(50)44(49)35-32-30-28-26-24-16-14-12-10-8-6-4-2/h12,14,24,26,30,32,43-45,49-50H,3-11,13,15-23,25,27-29,31,33-42,48H2,1-2H3,(H,53,54)/b14-12-,26-24-,32-30-/t43-,44?,45?/m1/s1. The fourth-order valence-electron chi connectivity index (χ4n) is 6.56. The smallest absolute Gasteiger partial charge is 0.462 e. The molecular weight excluding hydrogens is 769 g/mol. The lowest BCUT2D eigenvalue weighted by Gasteiger charge is -2.20. The zero-order chi connectivity index (χ0) is 43.5. The first-order chi connectivity index (χ1) is 28.6. The van der Waals surface area contributed by atoms with Gasteiger partial charge in [0.05, 0.1) is 25.4 Å². The molecule has 0 aliphatic rings. The molecule has 11 nitrogen and oxygen atoms in total. The van der Waals surface area contributed by atoms with Gasteiger partial charge in [0.15, 0.2) is 6.10 Å². The largest absolute Gasteiger partial charge is 0.472 e. The molecule has 5 N–H and O–H groups in total. The van der Waals surface area contributed by atoms with Crippen molar-refractivity contribution in [3.05, 3.63) is 36.5 Å². The summed E-state index contributed by atoms with van der Waals surface area (Å²) in [6.07, 6.45) is 40.6. The van der Waals surface area contributed by atoms with Crippen LogP contribution in [0.2, 0.25) is 0 Å². The van der Waals surface area contributed by atoms with Gasteiger partial charge in [0.2, 0.25) is 0 Å². The van der Waals surface area contributed by atoms with E-state index in [4.69, 9.17) is 24.3 Å². The van der Waals surface area contributed by atoms with Gasteiger partial charge in [-0.2, -0.15) is 0 Å². The van der Waals surface area contributed by atoms with Crippen LogP contribution in [0.25, 0.3) is 0 Å². The van der Waals surface area contributed by atoms with E-state index in [0.717, 1.165) is 38.5 Å². The Hall–Kier alpha value is -1.85. The Bertz CT molecular complexity index is 1100. The molecule has 346 valence electrons. The van der Waals surface area contributed by atoms with E-state index in [-0.39, 0.29) is 51.9 Å². The lowest BCUT2D eigenvalue weighted by Crippen LogP contribution is -2.30. The average molecular weight is 858 g/mol. The van der Waals surface area contributed by atoms with Gasteiger partial charge >= 0.3 is 19.8 Å². The normalized spacial score (nSPS) is 14.6. The van der Waals surface area contributed by atoms with Gasteiger partial charge < -0.3 is 30.3 Å². The Morgan fingerprint density at radius 3 is 1.59 bits per heavy atom. The second-order valence-corrected chi connectivity index (χ2v) is 17.4. The predicted octanol–water partition coefficient (Wildman–Crippen LogP) is 11.7. The third kappa shape index (κ3) is 41.3. The van der Waals surface area contributed by atoms with E-state index < -0.39 is 44.7 Å². The molecule has 0 fully saturated rings. The highest BCUT2D eigenvalue weighted by Crippen LogP contribution is 2.43. The molecule has 0 rings (SSSR count). The van der Waals surface area contributed by atoms with Crippen LogP contribution >= 0.6 is 7.82 Å². The van der Waals surface area contributed by atoms with Crippen LogP contribution < -0.4 is 5.73 Å². The topological polar surface area (TPSA) is 175 Å². The summed E-state index contributed by atoms with van der Waals surface area (Å²) in [6.45, 7) is 3.39. The number of carbonyl (C=O) groups excluding carboxylic acids is 2. The number of ether oxygens (including phenoxy) is 2. The fraction of sp³-hybridized carbons (Fsp3) is 0.830. The summed E-state index contributed by atoms with van der Waals surface area (Å²) in [7, 11) is -4.46. The van der Waals surface area contributed by atoms with Gasteiger partial charge in [-0.25, -0.2) is 4.57 Å². The van der Waals surface area contributed by atoms with Gasteiger partial charge in [-0.15, -0.1) is 0 Å². The van der Waals surface area contributed by atoms with Crippen molar-refractivity contribution in [2.75, 3.05) is 26.4 Å². The van der Waals surface area contributed by atoms with E-state index in [2.05, 4.69) is 38.2 Å². The van der Waals surface area contributed by atoms with Crippen molar-refractivity contribution < 1.29 is 47.8 Å². The molecule has 59 heavy (non-hydrogen) atoms. The van der Waals surface area contributed by atoms with E-state index in [1.54, 1.807) is 0 Å². The van der Waals surface area contributed by atoms with Crippen LogP contribution in [0.3, 0.4) is 0 Å². The van der Waals surface area contributed by atoms with Crippen molar-refractivity contribution >= 4 is 19.8 Å². The number of esters is 2. The van der Waals surface area contributed by atoms with E-state index in [1.807, 2.05) is 12.2 Å². The Morgan fingerprint density at radius 1 is 0.576 bits per heavy atom. The fourth-order valence-corrected chi connectivity index (χ4v) is 7.33. The highest BCUT2D eigenvalue weighted by molar-refractivity contribution is 7.47. The third-order valence-electron chi connectivity index (χ3n) is 10.2.